The van der Waals surface area contributed by atoms with Crippen molar-refractivity contribution in [2.24, 2.45) is 5.92 Å². The molecule has 0 unspecified atom stereocenters. The summed E-state index contributed by atoms with van der Waals surface area (Å²) in [4.78, 5) is 13.9. The van der Waals surface area contributed by atoms with E-state index >= 15 is 4.39 Å². The number of carbonyl (C=O) groups is 1. The van der Waals surface area contributed by atoms with E-state index in [2.05, 4.69) is 29.2 Å². The molecule has 0 atom stereocenters. The summed E-state index contributed by atoms with van der Waals surface area (Å²) in [5, 5.41) is 9.54. The van der Waals surface area contributed by atoms with E-state index < -0.39 is 5.97 Å². The number of alkyl halides is 1. The maximum atomic E-state index is 15.4. The molecule has 3 aromatic rings. The number of aromatic carboxylic acids is 1. The van der Waals surface area contributed by atoms with Crippen LogP contribution < -0.4 is 0 Å². The molecule has 0 aromatic heterocycles. The number of aryl methyl sites for hydroxylation is 2. The van der Waals surface area contributed by atoms with Gasteiger partial charge in [-0.05, 0) is 96.0 Å². The lowest BCUT2D eigenvalue weighted by Crippen LogP contribution is -2.47. The number of carboxylic acid groups (broad SMARTS) is 1. The average Bonchev–Trinajstić information content (AvgIpc) is 3.06. The quantitative estimate of drug-likeness (QED) is 0.363. The molecule has 37 heavy (non-hydrogen) atoms. The Kier molecular flexibility index (Phi) is 7.52. The third-order valence-corrected chi connectivity index (χ3v) is 7.72. The highest BCUT2D eigenvalue weighted by atomic mass is 19.1. The molecule has 5 rings (SSSR count). The number of halogens is 2. The zero-order chi connectivity index (χ0) is 25.9. The summed E-state index contributed by atoms with van der Waals surface area (Å²) < 4.78 is 27.8. The van der Waals surface area contributed by atoms with Gasteiger partial charge in [0.15, 0.2) is 0 Å². The molecule has 1 N–H and O–H groups in total. The molecule has 0 bridgehead atoms. The molecular formula is C32H33F2NO2. The van der Waals surface area contributed by atoms with E-state index in [-0.39, 0.29) is 18.1 Å². The summed E-state index contributed by atoms with van der Waals surface area (Å²) in [6, 6.07) is 19.4. The van der Waals surface area contributed by atoms with E-state index in [4.69, 9.17) is 0 Å². The van der Waals surface area contributed by atoms with Crippen molar-refractivity contribution >= 4 is 17.1 Å². The van der Waals surface area contributed by atoms with Gasteiger partial charge in [0, 0.05) is 25.2 Å². The number of benzene rings is 3. The Labute approximate surface area is 217 Å². The van der Waals surface area contributed by atoms with Crippen LogP contribution in [0, 0.1) is 18.7 Å². The maximum Gasteiger partial charge on any atom is 0.335 e. The van der Waals surface area contributed by atoms with Gasteiger partial charge in [-0.3, -0.25) is 4.39 Å². The Morgan fingerprint density at radius 2 is 1.81 bits per heavy atom. The largest absolute Gasteiger partial charge is 0.478 e. The van der Waals surface area contributed by atoms with Gasteiger partial charge in [0.05, 0.1) is 12.2 Å². The monoisotopic (exact) mass is 501 g/mol. The number of fused-ring (bicyclic) bond motifs is 1. The molecule has 3 nitrogen and oxygen atoms in total. The van der Waals surface area contributed by atoms with Crippen molar-refractivity contribution in [1.82, 2.24) is 4.90 Å². The Bertz CT molecular complexity index is 1320. The van der Waals surface area contributed by atoms with Gasteiger partial charge in [-0.15, -0.1) is 0 Å². The van der Waals surface area contributed by atoms with Crippen molar-refractivity contribution in [1.29, 1.82) is 0 Å². The van der Waals surface area contributed by atoms with Crippen LogP contribution in [0.2, 0.25) is 0 Å². The molecule has 0 amide bonds. The standard InChI is InChI=1S/C32H33F2NO2/c1-21-5-2-8-29(31(21)34)28-7-3-6-25-18-26(32(36)37)13-14-27(25)30(28)24-11-9-22(10-12-24)17-23-19-35(20-23)16-4-15-33/h2,5,8-14,18,23H,3-4,6-7,15-17,19-20H2,1H3,(H,36,37). The van der Waals surface area contributed by atoms with E-state index in [0.717, 1.165) is 66.7 Å². The molecule has 0 radical (unpaired) electrons. The van der Waals surface area contributed by atoms with Crippen LogP contribution in [0.5, 0.6) is 0 Å². The fraction of sp³-hybridized carbons (Fsp3) is 0.344. The topological polar surface area (TPSA) is 40.5 Å². The predicted molar refractivity (Wildman–Crippen MR) is 144 cm³/mol. The molecule has 1 heterocycles. The van der Waals surface area contributed by atoms with Crippen molar-refractivity contribution in [2.45, 2.75) is 39.0 Å². The molecule has 1 fully saturated rings. The highest BCUT2D eigenvalue weighted by molar-refractivity contribution is 6.00. The first kappa shape index (κ1) is 25.3. The molecule has 0 saturated carbocycles. The van der Waals surface area contributed by atoms with Crippen LogP contribution in [0.1, 0.15) is 63.0 Å². The first-order valence-corrected chi connectivity index (χ1v) is 13.2. The van der Waals surface area contributed by atoms with Gasteiger partial charge in [-0.1, -0.05) is 48.5 Å². The molecule has 0 spiro atoms. The van der Waals surface area contributed by atoms with E-state index in [1.54, 1.807) is 25.1 Å². The SMILES string of the molecule is Cc1cccc(C2=C(c3ccc(CC4CN(CCCF)C4)cc3)c3ccc(C(=O)O)cc3CCC2)c1F. The van der Waals surface area contributed by atoms with Crippen molar-refractivity contribution < 1.29 is 18.7 Å². The highest BCUT2D eigenvalue weighted by Gasteiger charge is 2.27. The van der Waals surface area contributed by atoms with Gasteiger partial charge in [0.25, 0.3) is 0 Å². The third-order valence-electron chi connectivity index (χ3n) is 7.72. The predicted octanol–water partition coefficient (Wildman–Crippen LogP) is 6.96. The second kappa shape index (κ2) is 11.0. The fourth-order valence-corrected chi connectivity index (χ4v) is 5.81. The van der Waals surface area contributed by atoms with Crippen LogP contribution in [0.4, 0.5) is 8.78 Å². The number of allylic oxidation sites excluding steroid dienone is 1. The molecule has 2 aliphatic rings. The zero-order valence-corrected chi connectivity index (χ0v) is 21.3. The van der Waals surface area contributed by atoms with Crippen LogP contribution >= 0.6 is 0 Å². The normalized spacial score (nSPS) is 16.3. The molecule has 192 valence electrons. The van der Waals surface area contributed by atoms with Gasteiger partial charge in [-0.25, -0.2) is 9.18 Å². The van der Waals surface area contributed by atoms with Crippen LogP contribution in [-0.2, 0) is 12.8 Å². The van der Waals surface area contributed by atoms with Crippen LogP contribution in [0.25, 0.3) is 11.1 Å². The smallest absolute Gasteiger partial charge is 0.335 e. The first-order valence-electron chi connectivity index (χ1n) is 13.2. The molecular weight excluding hydrogens is 468 g/mol. The molecule has 5 heteroatoms. The number of likely N-dealkylation sites (tertiary alicyclic amines) is 1. The Balaban J connectivity index is 1.51. The Morgan fingerprint density at radius 1 is 1.03 bits per heavy atom. The molecule has 1 saturated heterocycles. The minimum Gasteiger partial charge on any atom is -0.478 e. The van der Waals surface area contributed by atoms with Crippen molar-refractivity contribution in [3.05, 3.63) is 105 Å². The van der Waals surface area contributed by atoms with E-state index in [1.165, 1.54) is 5.56 Å². The van der Waals surface area contributed by atoms with E-state index in [1.807, 2.05) is 18.2 Å². The second-order valence-corrected chi connectivity index (χ2v) is 10.4. The minimum atomic E-state index is -0.939. The van der Waals surface area contributed by atoms with Crippen molar-refractivity contribution in [3.8, 4) is 0 Å². The number of nitrogens with zero attached hydrogens (tertiary/aromatic N) is 1. The van der Waals surface area contributed by atoms with Crippen molar-refractivity contribution in [3.63, 3.8) is 0 Å². The second-order valence-electron chi connectivity index (χ2n) is 10.4. The Hall–Kier alpha value is -3.31. The summed E-state index contributed by atoms with van der Waals surface area (Å²) in [7, 11) is 0. The highest BCUT2D eigenvalue weighted by Crippen LogP contribution is 2.41. The van der Waals surface area contributed by atoms with Gasteiger partial charge >= 0.3 is 5.97 Å². The van der Waals surface area contributed by atoms with Crippen LogP contribution in [0.15, 0.2) is 60.7 Å². The van der Waals surface area contributed by atoms with Crippen LogP contribution in [0.3, 0.4) is 0 Å². The number of hydrogen-bond acceptors (Lipinski definition) is 2. The number of carboxylic acids is 1. The van der Waals surface area contributed by atoms with E-state index in [0.29, 0.717) is 29.9 Å². The lowest BCUT2D eigenvalue weighted by atomic mass is 9.85. The average molecular weight is 502 g/mol. The summed E-state index contributed by atoms with van der Waals surface area (Å²) in [5.41, 5.74) is 7.73. The van der Waals surface area contributed by atoms with Crippen LogP contribution in [-0.4, -0.2) is 42.3 Å². The van der Waals surface area contributed by atoms with Gasteiger partial charge in [-0.2, -0.15) is 0 Å². The maximum absolute atomic E-state index is 15.4. The third kappa shape index (κ3) is 5.37. The molecule has 3 aromatic carbocycles. The lowest BCUT2D eigenvalue weighted by molar-refractivity contribution is 0.0696. The zero-order valence-electron chi connectivity index (χ0n) is 21.3. The fourth-order valence-electron chi connectivity index (χ4n) is 5.81. The first-order chi connectivity index (χ1) is 17.9. The van der Waals surface area contributed by atoms with Gasteiger partial charge in [0.1, 0.15) is 5.82 Å². The summed E-state index contributed by atoms with van der Waals surface area (Å²) in [5.74, 6) is -0.541. The minimum absolute atomic E-state index is 0.195. The lowest BCUT2D eigenvalue weighted by Gasteiger charge is -2.39. The van der Waals surface area contributed by atoms with E-state index in [9.17, 15) is 14.3 Å². The number of rotatable bonds is 8. The Morgan fingerprint density at radius 3 is 2.54 bits per heavy atom. The summed E-state index contributed by atoms with van der Waals surface area (Å²) in [6.45, 7) is 4.40. The molecule has 1 aliphatic carbocycles. The van der Waals surface area contributed by atoms with Gasteiger partial charge in [0.2, 0.25) is 0 Å². The van der Waals surface area contributed by atoms with Crippen molar-refractivity contribution in [2.75, 3.05) is 26.3 Å². The van der Waals surface area contributed by atoms with Gasteiger partial charge < -0.3 is 10.0 Å². The molecule has 1 aliphatic heterocycles. The summed E-state index contributed by atoms with van der Waals surface area (Å²) >= 11 is 0. The number of hydrogen-bond donors (Lipinski definition) is 1. The summed E-state index contributed by atoms with van der Waals surface area (Å²) in [6.07, 6.45) is 3.88.